The van der Waals surface area contributed by atoms with E-state index in [0.29, 0.717) is 11.0 Å². The van der Waals surface area contributed by atoms with E-state index in [-0.39, 0.29) is 0 Å². The maximum Gasteiger partial charge on any atom is 0.419 e. The van der Waals surface area contributed by atoms with Crippen LogP contribution in [0.25, 0.3) is 11.0 Å². The average molecular weight is 299 g/mol. The van der Waals surface area contributed by atoms with E-state index < -0.39 is 17.1 Å². The molecule has 0 N–H and O–H groups in total. The van der Waals surface area contributed by atoms with E-state index >= 15 is 0 Å². The molecule has 5 heteroatoms. The third-order valence-electron chi connectivity index (χ3n) is 3.33. The zero-order valence-corrected chi connectivity index (χ0v) is 13.9. The molecule has 0 bridgehead atoms. The highest BCUT2D eigenvalue weighted by atomic mass is 16.6. The van der Waals surface area contributed by atoms with Crippen molar-refractivity contribution in [2.45, 2.75) is 52.6 Å². The van der Waals surface area contributed by atoms with Crippen LogP contribution < -0.4 is 0 Å². The SMILES string of the molecule is Cc1ccc2c(n1)c(C(C)(C)C#N)cn2C(=O)OC(C)(C)C. The first-order valence-corrected chi connectivity index (χ1v) is 7.19. The minimum Gasteiger partial charge on any atom is -0.443 e. The van der Waals surface area contributed by atoms with Crippen LogP contribution in [-0.2, 0) is 10.2 Å². The maximum absolute atomic E-state index is 12.4. The van der Waals surface area contributed by atoms with Crippen molar-refractivity contribution < 1.29 is 9.53 Å². The third kappa shape index (κ3) is 2.96. The first kappa shape index (κ1) is 16.0. The number of aromatic nitrogens is 2. The highest BCUT2D eigenvalue weighted by Crippen LogP contribution is 2.31. The number of nitrogens with zero attached hydrogens (tertiary/aromatic N) is 3. The molecule has 0 aliphatic carbocycles. The number of ether oxygens (including phenoxy) is 1. The number of rotatable bonds is 1. The van der Waals surface area contributed by atoms with Gasteiger partial charge in [0.2, 0.25) is 0 Å². The van der Waals surface area contributed by atoms with Gasteiger partial charge in [0.25, 0.3) is 0 Å². The zero-order chi connectivity index (χ0) is 16.7. The Hall–Kier alpha value is -2.35. The molecule has 0 aliphatic rings. The van der Waals surface area contributed by atoms with E-state index in [2.05, 4.69) is 11.1 Å². The molecule has 0 aliphatic heterocycles. The topological polar surface area (TPSA) is 67.9 Å². The van der Waals surface area contributed by atoms with Crippen molar-refractivity contribution in [3.05, 3.63) is 29.6 Å². The molecule has 0 saturated heterocycles. The van der Waals surface area contributed by atoms with Gasteiger partial charge < -0.3 is 4.74 Å². The Morgan fingerprint density at radius 1 is 1.27 bits per heavy atom. The fraction of sp³-hybridized carbons (Fsp3) is 0.471. The summed E-state index contributed by atoms with van der Waals surface area (Å²) in [5.74, 6) is 0. The molecule has 2 heterocycles. The molecule has 22 heavy (non-hydrogen) atoms. The highest BCUT2D eigenvalue weighted by molar-refractivity contribution is 5.90. The van der Waals surface area contributed by atoms with Crippen LogP contribution in [0.4, 0.5) is 4.79 Å². The molecule has 0 unspecified atom stereocenters. The van der Waals surface area contributed by atoms with Gasteiger partial charge >= 0.3 is 6.09 Å². The molecular weight excluding hydrogens is 278 g/mol. The van der Waals surface area contributed by atoms with Gasteiger partial charge in [0, 0.05) is 17.5 Å². The van der Waals surface area contributed by atoms with E-state index in [1.807, 2.05) is 53.7 Å². The van der Waals surface area contributed by atoms with Crippen molar-refractivity contribution in [3.63, 3.8) is 0 Å². The maximum atomic E-state index is 12.4. The van der Waals surface area contributed by atoms with Crippen LogP contribution in [0.2, 0.25) is 0 Å². The lowest BCUT2D eigenvalue weighted by Gasteiger charge is -2.19. The highest BCUT2D eigenvalue weighted by Gasteiger charge is 2.28. The summed E-state index contributed by atoms with van der Waals surface area (Å²) in [4.78, 5) is 16.9. The fourth-order valence-corrected chi connectivity index (χ4v) is 2.18. The number of nitriles is 1. The van der Waals surface area contributed by atoms with Gasteiger partial charge in [-0.1, -0.05) is 0 Å². The predicted octanol–water partition coefficient (Wildman–Crippen LogP) is 3.93. The third-order valence-corrected chi connectivity index (χ3v) is 3.33. The minimum absolute atomic E-state index is 0.469. The molecule has 0 saturated carbocycles. The van der Waals surface area contributed by atoms with Crippen molar-refractivity contribution in [1.29, 1.82) is 5.26 Å². The summed E-state index contributed by atoms with van der Waals surface area (Å²) in [6.45, 7) is 11.0. The lowest BCUT2D eigenvalue weighted by Crippen LogP contribution is -2.26. The number of hydrogen-bond acceptors (Lipinski definition) is 4. The van der Waals surface area contributed by atoms with Crippen molar-refractivity contribution in [2.75, 3.05) is 0 Å². The van der Waals surface area contributed by atoms with Gasteiger partial charge in [0.15, 0.2) is 0 Å². The van der Waals surface area contributed by atoms with Crippen molar-refractivity contribution in [2.24, 2.45) is 0 Å². The minimum atomic E-state index is -0.744. The first-order valence-electron chi connectivity index (χ1n) is 7.19. The van der Waals surface area contributed by atoms with E-state index in [9.17, 15) is 10.1 Å². The van der Waals surface area contributed by atoms with Crippen molar-refractivity contribution >= 4 is 17.1 Å². The number of carbonyl (C=O) groups is 1. The van der Waals surface area contributed by atoms with Crippen LogP contribution in [0.15, 0.2) is 18.3 Å². The predicted molar refractivity (Wildman–Crippen MR) is 84.7 cm³/mol. The zero-order valence-electron chi connectivity index (χ0n) is 13.9. The normalized spacial score (nSPS) is 12.2. The smallest absolute Gasteiger partial charge is 0.419 e. The lowest BCUT2D eigenvalue weighted by molar-refractivity contribution is 0.0544. The van der Waals surface area contributed by atoms with E-state index in [1.165, 1.54) is 4.57 Å². The number of pyridine rings is 1. The second-order valence-electron chi connectivity index (χ2n) is 6.95. The van der Waals surface area contributed by atoms with Crippen LogP contribution in [0.3, 0.4) is 0 Å². The summed E-state index contributed by atoms with van der Waals surface area (Å²) in [5, 5.41) is 9.41. The molecule has 0 atom stereocenters. The monoisotopic (exact) mass is 299 g/mol. The van der Waals surface area contributed by atoms with Crippen LogP contribution >= 0.6 is 0 Å². The molecule has 2 aromatic heterocycles. The molecule has 0 spiro atoms. The van der Waals surface area contributed by atoms with Crippen LogP contribution in [0.5, 0.6) is 0 Å². The summed E-state index contributed by atoms with van der Waals surface area (Å²) < 4.78 is 6.87. The van der Waals surface area contributed by atoms with Gasteiger partial charge in [-0.2, -0.15) is 5.26 Å². The van der Waals surface area contributed by atoms with Crippen molar-refractivity contribution in [1.82, 2.24) is 9.55 Å². The molecule has 116 valence electrons. The Morgan fingerprint density at radius 3 is 2.45 bits per heavy atom. The standard InChI is InChI=1S/C17H21N3O2/c1-11-7-8-13-14(19-11)12(17(5,6)10-18)9-20(13)15(21)22-16(2,3)4/h7-9H,1-6H3. The molecule has 0 amide bonds. The molecule has 0 fully saturated rings. The molecular formula is C17H21N3O2. The van der Waals surface area contributed by atoms with E-state index in [0.717, 1.165) is 11.3 Å². The summed E-state index contributed by atoms with van der Waals surface area (Å²) >= 11 is 0. The number of hydrogen-bond donors (Lipinski definition) is 0. The van der Waals surface area contributed by atoms with E-state index in [1.54, 1.807) is 6.20 Å². The lowest BCUT2D eigenvalue weighted by atomic mass is 9.87. The Balaban J connectivity index is 2.67. The second-order valence-corrected chi connectivity index (χ2v) is 6.95. The Labute approximate surface area is 130 Å². The van der Waals surface area contributed by atoms with E-state index in [4.69, 9.17) is 4.74 Å². The number of carbonyl (C=O) groups excluding carboxylic acids is 1. The van der Waals surface area contributed by atoms with Gasteiger partial charge in [0.05, 0.1) is 22.5 Å². The molecule has 2 aromatic rings. The molecule has 0 aromatic carbocycles. The second kappa shape index (κ2) is 5.13. The van der Waals surface area contributed by atoms with Gasteiger partial charge in [-0.3, -0.25) is 9.55 Å². The molecule has 0 radical (unpaired) electrons. The Morgan fingerprint density at radius 2 is 1.91 bits per heavy atom. The summed E-state index contributed by atoms with van der Waals surface area (Å²) in [6.07, 6.45) is 1.19. The van der Waals surface area contributed by atoms with Gasteiger partial charge in [-0.15, -0.1) is 0 Å². The first-order chi connectivity index (χ1) is 10.0. The van der Waals surface area contributed by atoms with Crippen LogP contribution in [0.1, 0.15) is 45.9 Å². The van der Waals surface area contributed by atoms with Crippen molar-refractivity contribution in [3.8, 4) is 6.07 Å². The van der Waals surface area contributed by atoms with Gasteiger partial charge in [-0.25, -0.2) is 4.79 Å². The largest absolute Gasteiger partial charge is 0.443 e. The summed E-state index contributed by atoms with van der Waals surface area (Å²) in [6, 6.07) is 5.94. The quantitative estimate of drug-likeness (QED) is 0.800. The summed E-state index contributed by atoms with van der Waals surface area (Å²) in [5.41, 5.74) is 1.54. The Bertz CT molecular complexity index is 774. The fourth-order valence-electron chi connectivity index (χ4n) is 2.18. The summed E-state index contributed by atoms with van der Waals surface area (Å²) in [7, 11) is 0. The van der Waals surface area contributed by atoms with Gasteiger partial charge in [0.1, 0.15) is 5.60 Å². The number of fused-ring (bicyclic) bond motifs is 1. The van der Waals surface area contributed by atoms with Crippen LogP contribution in [-0.4, -0.2) is 21.2 Å². The Kier molecular flexibility index (Phi) is 3.74. The molecule has 2 rings (SSSR count). The number of aryl methyl sites for hydroxylation is 1. The molecule has 5 nitrogen and oxygen atoms in total. The van der Waals surface area contributed by atoms with Gasteiger partial charge in [-0.05, 0) is 53.7 Å². The average Bonchev–Trinajstić information content (AvgIpc) is 2.76. The van der Waals surface area contributed by atoms with Crippen LogP contribution in [0, 0.1) is 18.3 Å².